The van der Waals surface area contributed by atoms with E-state index >= 15 is 0 Å². The first-order valence-corrected chi connectivity index (χ1v) is 19.0. The Balaban J connectivity index is 0.934. The van der Waals surface area contributed by atoms with E-state index in [0.29, 0.717) is 23.8 Å². The van der Waals surface area contributed by atoms with Gasteiger partial charge in [-0.3, -0.25) is 10.2 Å². The van der Waals surface area contributed by atoms with E-state index in [0.717, 1.165) is 97.4 Å². The topological polar surface area (TPSA) is 120 Å². The maximum atomic E-state index is 6.67. The van der Waals surface area contributed by atoms with E-state index in [2.05, 4.69) is 74.0 Å². The number of nitrogens with one attached hydrogen (secondary N) is 3. The van der Waals surface area contributed by atoms with Crippen LogP contribution in [0.4, 0.5) is 0 Å². The van der Waals surface area contributed by atoms with Gasteiger partial charge in [0.15, 0.2) is 0 Å². The minimum atomic E-state index is 0.0274. The summed E-state index contributed by atoms with van der Waals surface area (Å²) < 4.78 is 13.1. The number of aromatic amines is 2. The minimum absolute atomic E-state index is 0.0274. The summed E-state index contributed by atoms with van der Waals surface area (Å²) in [5.74, 6) is 1.04. The Morgan fingerprint density at radius 1 is 0.771 bits per heavy atom. The standard InChI is InChI=1S/C38H66N8O2/c1-27-31(20-45(6)18-16-39)33(43-41-27)30-10-14-38(15-11-30)23-36(5,26-48-38)24-40-17-19-46(7)21-32-28(2)42-44-34(32)29-8-12-37(13-9-29)22-35(3,4)25-47-37/h29-30,40H,8-26,39H2,1-7H3,(H,41,43)(H,42,44). The van der Waals surface area contributed by atoms with Gasteiger partial charge in [-0.15, -0.1) is 0 Å². The lowest BCUT2D eigenvalue weighted by atomic mass is 9.71. The molecule has 0 amide bonds. The zero-order valence-electron chi connectivity index (χ0n) is 31.3. The second-order valence-electron chi connectivity index (χ2n) is 17.7. The molecule has 5 N–H and O–H groups in total. The van der Waals surface area contributed by atoms with Gasteiger partial charge in [-0.2, -0.15) is 10.2 Å². The number of nitrogens with two attached hydrogens (primary N) is 1. The number of rotatable bonds is 13. The average Bonchev–Trinajstić information content (AvgIpc) is 3.77. The lowest BCUT2D eigenvalue weighted by Gasteiger charge is -2.37. The van der Waals surface area contributed by atoms with Crippen molar-refractivity contribution in [2.24, 2.45) is 16.6 Å². The Hall–Kier alpha value is -1.82. The number of nitrogens with zero attached hydrogens (tertiary/aromatic N) is 4. The molecule has 2 spiro atoms. The predicted molar refractivity (Wildman–Crippen MR) is 192 cm³/mol. The van der Waals surface area contributed by atoms with Gasteiger partial charge in [-0.1, -0.05) is 20.8 Å². The van der Waals surface area contributed by atoms with Gasteiger partial charge in [0.1, 0.15) is 0 Å². The van der Waals surface area contributed by atoms with Crippen LogP contribution < -0.4 is 11.1 Å². The molecule has 2 saturated carbocycles. The molecule has 2 aliphatic carbocycles. The molecule has 1 unspecified atom stereocenters. The summed E-state index contributed by atoms with van der Waals surface area (Å²) in [7, 11) is 4.39. The van der Waals surface area contributed by atoms with E-state index in [1.807, 2.05) is 0 Å². The lowest BCUT2D eigenvalue weighted by Crippen LogP contribution is -2.38. The van der Waals surface area contributed by atoms with Crippen molar-refractivity contribution < 1.29 is 9.47 Å². The molecule has 4 fully saturated rings. The summed E-state index contributed by atoms with van der Waals surface area (Å²) in [6, 6.07) is 0. The second kappa shape index (κ2) is 14.4. The summed E-state index contributed by atoms with van der Waals surface area (Å²) in [4.78, 5) is 4.76. The van der Waals surface area contributed by atoms with E-state index in [-0.39, 0.29) is 16.6 Å². The van der Waals surface area contributed by atoms with E-state index < -0.39 is 0 Å². The number of ether oxygens (including phenoxy) is 2. The number of hydrogen-bond acceptors (Lipinski definition) is 8. The number of hydrogen-bond donors (Lipinski definition) is 4. The fourth-order valence-corrected chi connectivity index (χ4v) is 9.72. The Labute approximate surface area is 290 Å². The van der Waals surface area contributed by atoms with Gasteiger partial charge in [0.25, 0.3) is 0 Å². The van der Waals surface area contributed by atoms with Crippen LogP contribution in [-0.4, -0.2) is 101 Å². The summed E-state index contributed by atoms with van der Waals surface area (Å²) in [6.07, 6.45) is 11.6. The SMILES string of the molecule is Cc1[nH]nc(C2CCC3(CC2)CC(C)(CNCCN(C)Cc2c(C4CCC5(CC4)CC(C)(C)CO5)n[nH]c2C)CO3)c1CN(C)CCN. The lowest BCUT2D eigenvalue weighted by molar-refractivity contribution is -0.0299. The summed E-state index contributed by atoms with van der Waals surface area (Å²) >= 11 is 0. The molecule has 10 heteroatoms. The van der Waals surface area contributed by atoms with Crippen LogP contribution in [0.2, 0.25) is 0 Å². The fourth-order valence-electron chi connectivity index (χ4n) is 9.72. The molecular weight excluding hydrogens is 600 g/mol. The summed E-state index contributed by atoms with van der Waals surface area (Å²) in [6.45, 7) is 19.6. The molecule has 4 heterocycles. The molecule has 2 aliphatic heterocycles. The van der Waals surface area contributed by atoms with Crippen molar-refractivity contribution >= 4 is 0 Å². The molecule has 4 aliphatic rings. The number of aryl methyl sites for hydroxylation is 2. The zero-order valence-corrected chi connectivity index (χ0v) is 31.3. The minimum Gasteiger partial charge on any atom is -0.374 e. The fraction of sp³-hybridized carbons (Fsp3) is 0.842. The third-order valence-corrected chi connectivity index (χ3v) is 12.4. The maximum Gasteiger partial charge on any atom is 0.0700 e. The molecule has 0 radical (unpaired) electrons. The predicted octanol–water partition coefficient (Wildman–Crippen LogP) is 5.53. The first-order valence-electron chi connectivity index (χ1n) is 19.0. The highest BCUT2D eigenvalue weighted by molar-refractivity contribution is 5.29. The normalized spacial score (nSPS) is 32.0. The number of H-pyrrole nitrogens is 2. The molecule has 2 aromatic heterocycles. The van der Waals surface area contributed by atoms with Gasteiger partial charge in [-0.05, 0) is 97.6 Å². The van der Waals surface area contributed by atoms with Crippen LogP contribution in [0.15, 0.2) is 0 Å². The molecule has 0 bridgehead atoms. The smallest absolute Gasteiger partial charge is 0.0700 e. The molecule has 2 saturated heterocycles. The monoisotopic (exact) mass is 667 g/mol. The zero-order chi connectivity index (χ0) is 34.2. The third-order valence-electron chi connectivity index (χ3n) is 12.4. The van der Waals surface area contributed by atoms with Gasteiger partial charge in [0, 0.05) is 85.6 Å². The number of likely N-dealkylation sites (N-methyl/N-ethyl adjacent to an activating group) is 2. The van der Waals surface area contributed by atoms with Gasteiger partial charge < -0.3 is 30.3 Å². The Kier molecular flexibility index (Phi) is 10.8. The Bertz CT molecular complexity index is 1350. The summed E-state index contributed by atoms with van der Waals surface area (Å²) in [5, 5.41) is 20.1. The van der Waals surface area contributed by atoms with Crippen LogP contribution in [0, 0.1) is 24.7 Å². The van der Waals surface area contributed by atoms with Crippen molar-refractivity contribution in [3.8, 4) is 0 Å². The van der Waals surface area contributed by atoms with Crippen LogP contribution in [-0.2, 0) is 22.6 Å². The van der Waals surface area contributed by atoms with Crippen molar-refractivity contribution in [3.63, 3.8) is 0 Å². The van der Waals surface area contributed by atoms with Gasteiger partial charge in [0.2, 0.25) is 0 Å². The number of aromatic nitrogens is 4. The molecule has 48 heavy (non-hydrogen) atoms. The highest BCUT2D eigenvalue weighted by Gasteiger charge is 2.49. The van der Waals surface area contributed by atoms with Gasteiger partial charge in [0.05, 0.1) is 35.8 Å². The van der Waals surface area contributed by atoms with Crippen molar-refractivity contribution in [2.45, 2.75) is 135 Å². The molecule has 1 atom stereocenters. The quantitative estimate of drug-likeness (QED) is 0.206. The first-order chi connectivity index (χ1) is 22.8. The second-order valence-corrected chi connectivity index (χ2v) is 17.7. The maximum absolute atomic E-state index is 6.67. The van der Waals surface area contributed by atoms with E-state index in [4.69, 9.17) is 25.4 Å². The highest BCUT2D eigenvalue weighted by atomic mass is 16.5. The van der Waals surface area contributed by atoms with Crippen molar-refractivity contribution in [1.29, 1.82) is 0 Å². The molecule has 10 nitrogen and oxygen atoms in total. The van der Waals surface area contributed by atoms with Crippen molar-refractivity contribution in [3.05, 3.63) is 33.9 Å². The van der Waals surface area contributed by atoms with E-state index in [1.54, 1.807) is 0 Å². The van der Waals surface area contributed by atoms with Crippen molar-refractivity contribution in [1.82, 2.24) is 35.5 Å². The van der Waals surface area contributed by atoms with Crippen LogP contribution in [0.3, 0.4) is 0 Å². The molecule has 270 valence electrons. The Morgan fingerprint density at radius 3 is 1.77 bits per heavy atom. The Morgan fingerprint density at radius 2 is 1.27 bits per heavy atom. The largest absolute Gasteiger partial charge is 0.374 e. The highest BCUT2D eigenvalue weighted by Crippen LogP contribution is 2.51. The average molecular weight is 667 g/mol. The van der Waals surface area contributed by atoms with Crippen LogP contribution in [0.25, 0.3) is 0 Å². The van der Waals surface area contributed by atoms with Crippen LogP contribution in [0.1, 0.15) is 131 Å². The summed E-state index contributed by atoms with van der Waals surface area (Å²) in [5.41, 5.74) is 14.2. The molecule has 6 rings (SSSR count). The van der Waals surface area contributed by atoms with Crippen LogP contribution >= 0.6 is 0 Å². The molecule has 2 aromatic rings. The van der Waals surface area contributed by atoms with Crippen molar-refractivity contribution in [2.75, 3.05) is 60.0 Å². The molecule has 0 aromatic carbocycles. The van der Waals surface area contributed by atoms with Gasteiger partial charge in [-0.25, -0.2) is 0 Å². The van der Waals surface area contributed by atoms with Crippen LogP contribution in [0.5, 0.6) is 0 Å². The van der Waals surface area contributed by atoms with Gasteiger partial charge >= 0.3 is 0 Å². The van der Waals surface area contributed by atoms with E-state index in [9.17, 15) is 0 Å². The van der Waals surface area contributed by atoms with E-state index in [1.165, 1.54) is 53.2 Å². The molecular formula is C38H66N8O2. The first kappa shape index (κ1) is 36.0. The third kappa shape index (κ3) is 8.05.